The molecule has 8 heteroatoms. The van der Waals surface area contributed by atoms with Crippen LogP contribution in [0.25, 0.3) is 10.8 Å². The number of hydrogen-bond donors (Lipinski definition) is 2. The second-order valence-electron chi connectivity index (χ2n) is 3.59. The van der Waals surface area contributed by atoms with Crippen molar-refractivity contribution in [3.05, 3.63) is 40.4 Å². The van der Waals surface area contributed by atoms with E-state index in [2.05, 4.69) is 0 Å². The van der Waals surface area contributed by atoms with Crippen molar-refractivity contribution in [1.29, 1.82) is 0 Å². The first-order valence-electron chi connectivity index (χ1n) is 4.75. The lowest BCUT2D eigenvalue weighted by Gasteiger charge is -2.07. The third kappa shape index (κ3) is 1.87. The number of non-ortho nitro benzene ring substituents is 1. The van der Waals surface area contributed by atoms with Crippen molar-refractivity contribution in [2.45, 2.75) is 4.90 Å². The fourth-order valence-electron chi connectivity index (χ4n) is 1.77. The Balaban J connectivity index is 3.09. The normalized spacial score (nSPS) is 11.6. The summed E-state index contributed by atoms with van der Waals surface area (Å²) in [5.74, 6) is 0. The number of fused-ring (bicyclic) bond motifs is 1. The van der Waals surface area contributed by atoms with Gasteiger partial charge in [-0.2, -0.15) is 8.42 Å². The number of nitrogen functional groups attached to an aromatic ring is 1. The second kappa shape index (κ2) is 3.93. The summed E-state index contributed by atoms with van der Waals surface area (Å²) in [5, 5.41) is 11.0. The molecule has 0 aliphatic rings. The molecule has 0 aliphatic heterocycles. The molecule has 0 spiro atoms. The van der Waals surface area contributed by atoms with Crippen molar-refractivity contribution >= 4 is 32.3 Å². The second-order valence-corrected chi connectivity index (χ2v) is 4.95. The van der Waals surface area contributed by atoms with Crippen LogP contribution in [0.1, 0.15) is 0 Å². The van der Waals surface area contributed by atoms with Gasteiger partial charge in [0.1, 0.15) is 4.90 Å². The summed E-state index contributed by atoms with van der Waals surface area (Å²) in [7, 11) is -4.65. The molecule has 0 atom stereocenters. The summed E-state index contributed by atoms with van der Waals surface area (Å²) >= 11 is 0. The minimum Gasteiger partial charge on any atom is -0.398 e. The van der Waals surface area contributed by atoms with Gasteiger partial charge in [-0.1, -0.05) is 18.2 Å². The van der Waals surface area contributed by atoms with Crippen LogP contribution in [0.5, 0.6) is 0 Å². The zero-order valence-corrected chi connectivity index (χ0v) is 9.72. The number of nitro groups is 1. The van der Waals surface area contributed by atoms with E-state index in [-0.39, 0.29) is 11.1 Å². The lowest BCUT2D eigenvalue weighted by molar-refractivity contribution is -0.383. The van der Waals surface area contributed by atoms with Gasteiger partial charge in [0.15, 0.2) is 0 Å². The molecule has 0 radical (unpaired) electrons. The molecule has 3 N–H and O–H groups in total. The van der Waals surface area contributed by atoms with E-state index in [0.717, 1.165) is 6.07 Å². The molecule has 7 nitrogen and oxygen atoms in total. The molecule has 2 aromatic rings. The molecule has 0 bridgehead atoms. The van der Waals surface area contributed by atoms with E-state index in [1.807, 2.05) is 0 Å². The van der Waals surface area contributed by atoms with Crippen LogP contribution >= 0.6 is 0 Å². The van der Waals surface area contributed by atoms with Gasteiger partial charge in [-0.15, -0.1) is 0 Å². The third-order valence-corrected chi connectivity index (χ3v) is 3.42. The van der Waals surface area contributed by atoms with E-state index < -0.39 is 25.6 Å². The summed E-state index contributed by atoms with van der Waals surface area (Å²) in [5.41, 5.74) is 4.82. The summed E-state index contributed by atoms with van der Waals surface area (Å²) in [6.45, 7) is 0. The van der Waals surface area contributed by atoms with Gasteiger partial charge in [-0.05, 0) is 11.5 Å². The minimum absolute atomic E-state index is 0.190. The summed E-state index contributed by atoms with van der Waals surface area (Å²) in [6.07, 6.45) is 0. The predicted molar refractivity (Wildman–Crippen MR) is 64.8 cm³/mol. The Hall–Kier alpha value is -2.19. The maximum absolute atomic E-state index is 11.3. The van der Waals surface area contributed by atoms with Gasteiger partial charge in [0.2, 0.25) is 0 Å². The Labute approximate surface area is 102 Å². The van der Waals surface area contributed by atoms with E-state index in [9.17, 15) is 18.5 Å². The lowest BCUT2D eigenvalue weighted by Crippen LogP contribution is -2.05. The van der Waals surface area contributed by atoms with Crippen LogP contribution in [0, 0.1) is 10.1 Å². The Morgan fingerprint density at radius 1 is 1.22 bits per heavy atom. The quantitative estimate of drug-likeness (QED) is 0.369. The standard InChI is InChI=1S/C10H8N2O5S/c11-7-5-4-6-2-1-3-8(12(13)14)9(6)10(7)18(15,16)17/h1-5H,11H2,(H,15,16,17). The molecule has 0 heterocycles. The van der Waals surface area contributed by atoms with Crippen LogP contribution in [-0.2, 0) is 10.1 Å². The summed E-state index contributed by atoms with van der Waals surface area (Å²) < 4.78 is 31.7. The summed E-state index contributed by atoms with van der Waals surface area (Å²) in [6, 6.07) is 6.79. The number of nitro benzene ring substituents is 1. The average molecular weight is 268 g/mol. The van der Waals surface area contributed by atoms with Crippen molar-refractivity contribution in [2.75, 3.05) is 5.73 Å². The predicted octanol–water partition coefficient (Wildman–Crippen LogP) is 1.58. The van der Waals surface area contributed by atoms with E-state index in [1.165, 1.54) is 24.3 Å². The van der Waals surface area contributed by atoms with E-state index in [1.54, 1.807) is 0 Å². The van der Waals surface area contributed by atoms with Crippen molar-refractivity contribution < 1.29 is 17.9 Å². The number of anilines is 1. The van der Waals surface area contributed by atoms with Crippen molar-refractivity contribution in [3.8, 4) is 0 Å². The molecule has 0 saturated carbocycles. The monoisotopic (exact) mass is 268 g/mol. The van der Waals surface area contributed by atoms with Gasteiger partial charge in [0.05, 0.1) is 16.0 Å². The number of nitrogens with zero attached hydrogens (tertiary/aromatic N) is 1. The summed E-state index contributed by atoms with van der Waals surface area (Å²) in [4.78, 5) is 9.54. The highest BCUT2D eigenvalue weighted by atomic mass is 32.2. The van der Waals surface area contributed by atoms with Crippen molar-refractivity contribution in [1.82, 2.24) is 0 Å². The van der Waals surface area contributed by atoms with Crippen LogP contribution in [0.15, 0.2) is 35.2 Å². The molecule has 2 aromatic carbocycles. The van der Waals surface area contributed by atoms with E-state index in [4.69, 9.17) is 10.3 Å². The molecule has 0 saturated heterocycles. The molecular formula is C10H8N2O5S. The molecule has 0 amide bonds. The molecule has 0 unspecified atom stereocenters. The first-order chi connectivity index (χ1) is 8.32. The molecular weight excluding hydrogens is 260 g/mol. The van der Waals surface area contributed by atoms with Crippen LogP contribution < -0.4 is 5.73 Å². The van der Waals surface area contributed by atoms with Gasteiger partial charge >= 0.3 is 0 Å². The molecule has 2 rings (SSSR count). The first kappa shape index (κ1) is 12.3. The Kier molecular flexibility index (Phi) is 2.68. The van der Waals surface area contributed by atoms with Crippen molar-refractivity contribution in [3.63, 3.8) is 0 Å². The zero-order valence-electron chi connectivity index (χ0n) is 8.90. The Bertz CT molecular complexity index is 754. The van der Waals surface area contributed by atoms with E-state index in [0.29, 0.717) is 5.39 Å². The first-order valence-corrected chi connectivity index (χ1v) is 6.19. The van der Waals surface area contributed by atoms with Crippen molar-refractivity contribution in [2.24, 2.45) is 0 Å². The SMILES string of the molecule is Nc1ccc2cccc([N+](=O)[O-])c2c1S(=O)(=O)O. The molecule has 0 fully saturated rings. The molecule has 0 aromatic heterocycles. The number of nitrogens with two attached hydrogens (primary N) is 1. The maximum Gasteiger partial charge on any atom is 0.297 e. The maximum atomic E-state index is 11.3. The zero-order chi connectivity index (χ0) is 13.5. The minimum atomic E-state index is -4.65. The molecule has 18 heavy (non-hydrogen) atoms. The highest BCUT2D eigenvalue weighted by Gasteiger charge is 2.24. The smallest absolute Gasteiger partial charge is 0.297 e. The van der Waals surface area contributed by atoms with E-state index >= 15 is 0 Å². The topological polar surface area (TPSA) is 124 Å². The van der Waals surface area contributed by atoms with Gasteiger partial charge in [0.25, 0.3) is 15.8 Å². The van der Waals surface area contributed by atoms with Gasteiger partial charge in [0, 0.05) is 6.07 Å². The lowest BCUT2D eigenvalue weighted by atomic mass is 10.1. The van der Waals surface area contributed by atoms with Crippen LogP contribution in [0.4, 0.5) is 11.4 Å². The third-order valence-electron chi connectivity index (χ3n) is 2.46. The number of hydrogen-bond acceptors (Lipinski definition) is 5. The highest BCUT2D eigenvalue weighted by Crippen LogP contribution is 2.34. The highest BCUT2D eigenvalue weighted by molar-refractivity contribution is 7.86. The van der Waals surface area contributed by atoms with Crippen LogP contribution in [0.3, 0.4) is 0 Å². The Morgan fingerprint density at radius 3 is 2.44 bits per heavy atom. The van der Waals surface area contributed by atoms with Crippen LogP contribution in [0.2, 0.25) is 0 Å². The average Bonchev–Trinajstić information content (AvgIpc) is 2.25. The Morgan fingerprint density at radius 2 is 1.89 bits per heavy atom. The van der Waals surface area contributed by atoms with Gasteiger partial charge in [-0.3, -0.25) is 14.7 Å². The largest absolute Gasteiger partial charge is 0.398 e. The number of benzene rings is 2. The van der Waals surface area contributed by atoms with Gasteiger partial charge < -0.3 is 5.73 Å². The van der Waals surface area contributed by atoms with Crippen LogP contribution in [-0.4, -0.2) is 17.9 Å². The molecule has 0 aliphatic carbocycles. The fraction of sp³-hybridized carbons (Fsp3) is 0. The van der Waals surface area contributed by atoms with Gasteiger partial charge in [-0.25, -0.2) is 0 Å². The molecule has 94 valence electrons. The number of rotatable bonds is 2. The fourth-order valence-corrected chi connectivity index (χ4v) is 2.62.